The molecule has 2 aliphatic heterocycles. The molecule has 1 atom stereocenters. The zero-order valence-corrected chi connectivity index (χ0v) is 15.8. The summed E-state index contributed by atoms with van der Waals surface area (Å²) in [5.74, 6) is 1.67. The lowest BCUT2D eigenvalue weighted by Gasteiger charge is -2.24. The predicted octanol–water partition coefficient (Wildman–Crippen LogP) is 4.34. The van der Waals surface area contributed by atoms with E-state index in [0.717, 1.165) is 55.0 Å². The molecule has 0 unspecified atom stereocenters. The highest BCUT2D eigenvalue weighted by Crippen LogP contribution is 2.36. The Kier molecular flexibility index (Phi) is 4.19. The Labute approximate surface area is 160 Å². The van der Waals surface area contributed by atoms with E-state index in [-0.39, 0.29) is 17.8 Å². The van der Waals surface area contributed by atoms with Crippen molar-refractivity contribution < 1.29 is 9.18 Å². The maximum Gasteiger partial charge on any atom is 0.264 e. The summed E-state index contributed by atoms with van der Waals surface area (Å²) in [6.45, 7) is 1.65. The molecule has 2 aliphatic rings. The molecule has 140 valence electrons. The van der Waals surface area contributed by atoms with Crippen LogP contribution < -0.4 is 0 Å². The monoisotopic (exact) mass is 384 g/mol. The van der Waals surface area contributed by atoms with E-state index in [2.05, 4.69) is 14.8 Å². The summed E-state index contributed by atoms with van der Waals surface area (Å²) < 4.78 is 17.1. The quantitative estimate of drug-likeness (QED) is 0.661. The van der Waals surface area contributed by atoms with Gasteiger partial charge in [-0.05, 0) is 43.9 Å². The fraction of sp³-hybridized carbons (Fsp3) is 0.450. The molecular weight excluding hydrogens is 363 g/mol. The normalized spacial score (nSPS) is 20.0. The first-order valence-electron chi connectivity index (χ1n) is 9.63. The van der Waals surface area contributed by atoms with Crippen LogP contribution >= 0.6 is 11.3 Å². The van der Waals surface area contributed by atoms with Crippen LogP contribution in [0.5, 0.6) is 0 Å². The van der Waals surface area contributed by atoms with E-state index in [1.165, 1.54) is 23.8 Å². The second-order valence-electron chi connectivity index (χ2n) is 7.36. The van der Waals surface area contributed by atoms with Crippen LogP contribution in [-0.2, 0) is 13.0 Å². The number of carbonyl (C=O) groups is 1. The fourth-order valence-corrected chi connectivity index (χ4v) is 5.34. The molecule has 27 heavy (non-hydrogen) atoms. The summed E-state index contributed by atoms with van der Waals surface area (Å²) in [6, 6.07) is 6.64. The van der Waals surface area contributed by atoms with Gasteiger partial charge >= 0.3 is 0 Å². The maximum atomic E-state index is 14.0. The van der Waals surface area contributed by atoms with Crippen LogP contribution in [0.25, 0.3) is 10.1 Å². The Hall–Kier alpha value is -2.28. The number of fused-ring (bicyclic) bond motifs is 2. The van der Waals surface area contributed by atoms with Crippen LogP contribution in [0.1, 0.15) is 59.5 Å². The second-order valence-corrected chi connectivity index (χ2v) is 8.44. The summed E-state index contributed by atoms with van der Waals surface area (Å²) in [5.41, 5.74) is 0. The minimum Gasteiger partial charge on any atom is -0.328 e. The molecule has 1 fully saturated rings. The molecule has 5 rings (SSSR count). The SMILES string of the molecule is O=C(c1cc2c(F)cccc2s1)N1CCC[C@H]1c1nnc2n1CCCCC2. The molecule has 0 spiro atoms. The van der Waals surface area contributed by atoms with Gasteiger partial charge in [0.05, 0.1) is 10.9 Å². The van der Waals surface area contributed by atoms with Gasteiger partial charge in [-0.25, -0.2) is 4.39 Å². The Morgan fingerprint density at radius 1 is 1.15 bits per heavy atom. The van der Waals surface area contributed by atoms with E-state index >= 15 is 0 Å². The first kappa shape index (κ1) is 16.9. The van der Waals surface area contributed by atoms with Crippen molar-refractivity contribution >= 4 is 27.3 Å². The summed E-state index contributed by atoms with van der Waals surface area (Å²) in [7, 11) is 0. The lowest BCUT2D eigenvalue weighted by molar-refractivity contribution is 0.0732. The predicted molar refractivity (Wildman–Crippen MR) is 102 cm³/mol. The Morgan fingerprint density at radius 2 is 2.07 bits per heavy atom. The van der Waals surface area contributed by atoms with Crippen LogP contribution in [0.3, 0.4) is 0 Å². The summed E-state index contributed by atoms with van der Waals surface area (Å²) in [5, 5.41) is 9.40. The highest BCUT2D eigenvalue weighted by Gasteiger charge is 2.35. The van der Waals surface area contributed by atoms with E-state index in [9.17, 15) is 9.18 Å². The van der Waals surface area contributed by atoms with Gasteiger partial charge < -0.3 is 9.47 Å². The molecule has 0 N–H and O–H groups in total. The molecule has 1 amide bonds. The molecule has 1 aromatic carbocycles. The zero-order valence-electron chi connectivity index (χ0n) is 15.0. The largest absolute Gasteiger partial charge is 0.328 e. The van der Waals surface area contributed by atoms with Crippen molar-refractivity contribution in [2.45, 2.75) is 51.1 Å². The van der Waals surface area contributed by atoms with Gasteiger partial charge in [-0.1, -0.05) is 12.5 Å². The van der Waals surface area contributed by atoms with Gasteiger partial charge in [-0.3, -0.25) is 4.79 Å². The molecule has 0 saturated carbocycles. The molecule has 2 aromatic heterocycles. The number of aryl methyl sites for hydroxylation is 1. The first-order chi connectivity index (χ1) is 13.2. The molecule has 0 bridgehead atoms. The van der Waals surface area contributed by atoms with Gasteiger partial charge in [0, 0.05) is 29.6 Å². The third-order valence-corrected chi connectivity index (χ3v) is 6.76. The number of thiophene rings is 1. The van der Waals surface area contributed by atoms with E-state index in [4.69, 9.17) is 0 Å². The van der Waals surface area contributed by atoms with Crippen molar-refractivity contribution in [2.75, 3.05) is 6.54 Å². The van der Waals surface area contributed by atoms with Crippen LogP contribution in [0.4, 0.5) is 4.39 Å². The number of benzene rings is 1. The number of hydrogen-bond acceptors (Lipinski definition) is 4. The number of aromatic nitrogens is 3. The lowest BCUT2D eigenvalue weighted by Crippen LogP contribution is -2.31. The van der Waals surface area contributed by atoms with Crippen LogP contribution in [0.15, 0.2) is 24.3 Å². The van der Waals surface area contributed by atoms with Gasteiger partial charge in [-0.15, -0.1) is 21.5 Å². The minimum absolute atomic E-state index is 0.0240. The molecule has 4 heterocycles. The lowest BCUT2D eigenvalue weighted by atomic mass is 10.2. The number of nitrogens with zero attached hydrogens (tertiary/aromatic N) is 4. The summed E-state index contributed by atoms with van der Waals surface area (Å²) in [6.07, 6.45) is 6.32. The topological polar surface area (TPSA) is 51.0 Å². The Balaban J connectivity index is 1.48. The third-order valence-electron chi connectivity index (χ3n) is 5.67. The zero-order chi connectivity index (χ0) is 18.4. The number of hydrogen-bond donors (Lipinski definition) is 0. The molecular formula is C20H21FN4OS. The Bertz CT molecular complexity index is 1010. The van der Waals surface area contributed by atoms with Crippen molar-refractivity contribution in [3.05, 3.63) is 46.6 Å². The maximum absolute atomic E-state index is 14.0. The molecule has 3 aromatic rings. The Morgan fingerprint density at radius 3 is 2.96 bits per heavy atom. The first-order valence-corrected chi connectivity index (χ1v) is 10.4. The van der Waals surface area contributed by atoms with Gasteiger partial charge in [0.2, 0.25) is 0 Å². The van der Waals surface area contributed by atoms with Gasteiger partial charge in [0.1, 0.15) is 11.6 Å². The van der Waals surface area contributed by atoms with Crippen molar-refractivity contribution in [2.24, 2.45) is 0 Å². The third kappa shape index (κ3) is 2.84. The standard InChI is InChI=1S/C20H21FN4OS/c21-14-6-4-8-16-13(14)12-17(27-16)20(26)24-11-5-7-15(24)19-23-22-18-9-2-1-3-10-25(18)19/h4,6,8,12,15H,1-3,5,7,9-11H2/t15-/m0/s1. The number of rotatable bonds is 2. The average Bonchev–Trinajstić information content (AvgIpc) is 3.36. The van der Waals surface area contributed by atoms with Crippen LogP contribution in [0, 0.1) is 5.82 Å². The molecule has 5 nitrogen and oxygen atoms in total. The van der Waals surface area contributed by atoms with Crippen LogP contribution in [-0.4, -0.2) is 32.1 Å². The molecule has 0 radical (unpaired) electrons. The highest BCUT2D eigenvalue weighted by molar-refractivity contribution is 7.20. The van der Waals surface area contributed by atoms with E-state index < -0.39 is 0 Å². The van der Waals surface area contributed by atoms with Crippen molar-refractivity contribution in [1.29, 1.82) is 0 Å². The van der Waals surface area contributed by atoms with Crippen molar-refractivity contribution in [1.82, 2.24) is 19.7 Å². The number of carbonyl (C=O) groups excluding carboxylic acids is 1. The molecule has 1 saturated heterocycles. The highest BCUT2D eigenvalue weighted by atomic mass is 32.1. The molecule has 0 aliphatic carbocycles. The fourth-order valence-electron chi connectivity index (χ4n) is 4.30. The smallest absolute Gasteiger partial charge is 0.264 e. The number of likely N-dealkylation sites (tertiary alicyclic amines) is 1. The number of halogens is 1. The number of amides is 1. The van der Waals surface area contributed by atoms with E-state index in [1.807, 2.05) is 11.0 Å². The second kappa shape index (κ2) is 6.71. The van der Waals surface area contributed by atoms with Crippen LogP contribution in [0.2, 0.25) is 0 Å². The van der Waals surface area contributed by atoms with Gasteiger partial charge in [-0.2, -0.15) is 0 Å². The van der Waals surface area contributed by atoms with Crippen molar-refractivity contribution in [3.63, 3.8) is 0 Å². The van der Waals surface area contributed by atoms with E-state index in [1.54, 1.807) is 12.1 Å². The van der Waals surface area contributed by atoms with Gasteiger partial charge in [0.15, 0.2) is 5.82 Å². The van der Waals surface area contributed by atoms with Gasteiger partial charge in [0.25, 0.3) is 5.91 Å². The summed E-state index contributed by atoms with van der Waals surface area (Å²) >= 11 is 1.36. The minimum atomic E-state index is -0.274. The van der Waals surface area contributed by atoms with E-state index in [0.29, 0.717) is 16.8 Å². The summed E-state index contributed by atoms with van der Waals surface area (Å²) in [4.78, 5) is 15.7. The molecule has 7 heteroatoms. The van der Waals surface area contributed by atoms with Crippen molar-refractivity contribution in [3.8, 4) is 0 Å². The average molecular weight is 384 g/mol.